The number of hydrogen-bond donors (Lipinski definition) is 1. The van der Waals surface area contributed by atoms with Crippen molar-refractivity contribution in [2.75, 3.05) is 17.3 Å². The minimum absolute atomic E-state index is 0.0798. The molecule has 0 spiro atoms. The van der Waals surface area contributed by atoms with Crippen molar-refractivity contribution < 1.29 is 14.3 Å². The Labute approximate surface area is 150 Å². The second-order valence-electron chi connectivity index (χ2n) is 5.78. The van der Waals surface area contributed by atoms with Crippen LogP contribution in [-0.2, 0) is 9.59 Å². The van der Waals surface area contributed by atoms with Crippen molar-refractivity contribution in [3.05, 3.63) is 64.3 Å². The minimum Gasteiger partial charge on any atom is -0.497 e. The van der Waals surface area contributed by atoms with Crippen LogP contribution in [0.5, 0.6) is 5.75 Å². The number of carbonyl (C=O) groups excluding carboxylic acids is 2. The fourth-order valence-electron chi connectivity index (χ4n) is 2.58. The Kier molecular flexibility index (Phi) is 4.51. The first-order valence-electron chi connectivity index (χ1n) is 7.69. The van der Waals surface area contributed by atoms with E-state index < -0.39 is 11.8 Å². The predicted molar refractivity (Wildman–Crippen MR) is 97.9 cm³/mol. The van der Waals surface area contributed by atoms with E-state index in [1.54, 1.807) is 31.4 Å². The van der Waals surface area contributed by atoms with E-state index in [1.807, 2.05) is 32.0 Å². The van der Waals surface area contributed by atoms with E-state index in [1.165, 1.54) is 0 Å². The standard InChI is InChI=1S/C19H17ClN2O3/c1-11-4-5-12(2)15(10-11)21-17-16(20)18(23)22(19(17)24)13-6-8-14(25-3)9-7-13/h4-10,21H,1-3H3. The van der Waals surface area contributed by atoms with E-state index in [0.29, 0.717) is 11.4 Å². The van der Waals surface area contributed by atoms with Gasteiger partial charge in [-0.25, -0.2) is 4.90 Å². The summed E-state index contributed by atoms with van der Waals surface area (Å²) in [5.74, 6) is -0.402. The zero-order valence-electron chi connectivity index (χ0n) is 14.1. The average Bonchev–Trinajstić information content (AvgIpc) is 2.82. The molecule has 1 N–H and O–H groups in total. The van der Waals surface area contributed by atoms with Crippen LogP contribution < -0.4 is 15.0 Å². The number of imide groups is 1. The number of anilines is 2. The highest BCUT2D eigenvalue weighted by Gasteiger charge is 2.39. The summed E-state index contributed by atoms with van der Waals surface area (Å²) in [6.07, 6.45) is 0. The maximum atomic E-state index is 12.8. The summed E-state index contributed by atoms with van der Waals surface area (Å²) in [7, 11) is 1.55. The Hall–Kier alpha value is -2.79. The van der Waals surface area contributed by atoms with E-state index in [4.69, 9.17) is 16.3 Å². The molecule has 0 bridgehead atoms. The Balaban J connectivity index is 1.92. The van der Waals surface area contributed by atoms with Gasteiger partial charge in [-0.1, -0.05) is 23.7 Å². The molecular weight excluding hydrogens is 340 g/mol. The van der Waals surface area contributed by atoms with E-state index in [2.05, 4.69) is 5.32 Å². The monoisotopic (exact) mass is 356 g/mol. The molecule has 0 unspecified atom stereocenters. The number of carbonyl (C=O) groups is 2. The summed E-state index contributed by atoms with van der Waals surface area (Å²) in [5, 5.41) is 2.89. The van der Waals surface area contributed by atoms with Gasteiger partial charge in [0.1, 0.15) is 16.5 Å². The quantitative estimate of drug-likeness (QED) is 0.848. The van der Waals surface area contributed by atoms with Crippen LogP contribution in [0.25, 0.3) is 0 Å². The fourth-order valence-corrected chi connectivity index (χ4v) is 2.79. The molecule has 0 fully saturated rings. The molecule has 2 aromatic carbocycles. The number of ether oxygens (including phenoxy) is 1. The maximum absolute atomic E-state index is 12.8. The Morgan fingerprint density at radius 1 is 1.00 bits per heavy atom. The third-order valence-electron chi connectivity index (χ3n) is 4.01. The molecule has 5 nitrogen and oxygen atoms in total. The normalized spacial score (nSPS) is 14.3. The summed E-state index contributed by atoms with van der Waals surface area (Å²) < 4.78 is 5.09. The van der Waals surface area contributed by atoms with Gasteiger partial charge < -0.3 is 10.1 Å². The van der Waals surface area contributed by atoms with Crippen molar-refractivity contribution >= 4 is 34.8 Å². The van der Waals surface area contributed by atoms with Gasteiger partial charge in [0.15, 0.2) is 0 Å². The number of benzene rings is 2. The van der Waals surface area contributed by atoms with E-state index in [-0.39, 0.29) is 10.7 Å². The lowest BCUT2D eigenvalue weighted by Crippen LogP contribution is -2.32. The van der Waals surface area contributed by atoms with Crippen LogP contribution in [0.15, 0.2) is 53.2 Å². The Morgan fingerprint density at radius 3 is 2.32 bits per heavy atom. The number of nitrogens with zero attached hydrogens (tertiary/aromatic N) is 1. The number of methoxy groups -OCH3 is 1. The smallest absolute Gasteiger partial charge is 0.283 e. The number of amides is 2. The first kappa shape index (κ1) is 17.0. The first-order chi connectivity index (χ1) is 11.9. The summed E-state index contributed by atoms with van der Waals surface area (Å²) >= 11 is 6.15. The lowest BCUT2D eigenvalue weighted by Gasteiger charge is -2.16. The lowest BCUT2D eigenvalue weighted by atomic mass is 10.1. The molecule has 0 radical (unpaired) electrons. The summed E-state index contributed by atoms with van der Waals surface area (Å²) in [6.45, 7) is 3.87. The molecule has 3 rings (SSSR count). The molecule has 6 heteroatoms. The van der Waals surface area contributed by atoms with Crippen molar-refractivity contribution in [2.24, 2.45) is 0 Å². The van der Waals surface area contributed by atoms with Gasteiger partial charge in [-0.15, -0.1) is 0 Å². The van der Waals surface area contributed by atoms with Crippen molar-refractivity contribution in [3.63, 3.8) is 0 Å². The number of rotatable bonds is 4. The summed E-state index contributed by atoms with van der Waals surface area (Å²) in [4.78, 5) is 26.3. The van der Waals surface area contributed by atoms with Gasteiger partial charge >= 0.3 is 0 Å². The molecule has 1 heterocycles. The number of aryl methyl sites for hydroxylation is 2. The zero-order chi connectivity index (χ0) is 18.1. The van der Waals surface area contributed by atoms with Gasteiger partial charge in [-0.3, -0.25) is 9.59 Å². The van der Waals surface area contributed by atoms with Crippen LogP contribution in [0.2, 0.25) is 0 Å². The molecule has 1 aliphatic heterocycles. The largest absolute Gasteiger partial charge is 0.497 e. The topological polar surface area (TPSA) is 58.6 Å². The van der Waals surface area contributed by atoms with Gasteiger partial charge in [0, 0.05) is 5.69 Å². The zero-order valence-corrected chi connectivity index (χ0v) is 14.8. The van der Waals surface area contributed by atoms with Crippen LogP contribution in [0.4, 0.5) is 11.4 Å². The highest BCUT2D eigenvalue weighted by atomic mass is 35.5. The summed E-state index contributed by atoms with van der Waals surface area (Å²) in [6, 6.07) is 12.5. The van der Waals surface area contributed by atoms with Crippen LogP contribution >= 0.6 is 11.6 Å². The second-order valence-corrected chi connectivity index (χ2v) is 6.15. The predicted octanol–water partition coefficient (Wildman–Crippen LogP) is 3.75. The molecule has 0 saturated heterocycles. The lowest BCUT2D eigenvalue weighted by molar-refractivity contribution is -0.120. The van der Waals surface area contributed by atoms with Crippen molar-refractivity contribution in [3.8, 4) is 5.75 Å². The Bertz CT molecular complexity index is 888. The number of nitrogens with one attached hydrogen (secondary N) is 1. The van der Waals surface area contributed by atoms with Crippen LogP contribution in [0.1, 0.15) is 11.1 Å². The first-order valence-corrected chi connectivity index (χ1v) is 8.07. The molecule has 0 saturated carbocycles. The fraction of sp³-hybridized carbons (Fsp3) is 0.158. The van der Waals surface area contributed by atoms with E-state index in [0.717, 1.165) is 21.7 Å². The van der Waals surface area contributed by atoms with Crippen molar-refractivity contribution in [2.45, 2.75) is 13.8 Å². The maximum Gasteiger partial charge on any atom is 0.283 e. The van der Waals surface area contributed by atoms with E-state index >= 15 is 0 Å². The van der Waals surface area contributed by atoms with Crippen LogP contribution in [-0.4, -0.2) is 18.9 Å². The van der Waals surface area contributed by atoms with Gasteiger partial charge in [0.05, 0.1) is 12.8 Å². The van der Waals surface area contributed by atoms with Crippen molar-refractivity contribution in [1.29, 1.82) is 0 Å². The van der Waals surface area contributed by atoms with Crippen LogP contribution in [0.3, 0.4) is 0 Å². The molecule has 1 aliphatic rings. The molecule has 2 amide bonds. The number of hydrogen-bond acceptors (Lipinski definition) is 4. The highest BCUT2D eigenvalue weighted by Crippen LogP contribution is 2.31. The molecule has 0 aromatic heterocycles. The summed E-state index contributed by atoms with van der Waals surface area (Å²) in [5.41, 5.74) is 3.24. The molecule has 128 valence electrons. The molecular formula is C19H17ClN2O3. The van der Waals surface area contributed by atoms with E-state index in [9.17, 15) is 9.59 Å². The third kappa shape index (κ3) is 3.10. The van der Waals surface area contributed by atoms with Gasteiger partial charge in [-0.2, -0.15) is 0 Å². The van der Waals surface area contributed by atoms with Gasteiger partial charge in [0.2, 0.25) is 0 Å². The average molecular weight is 357 g/mol. The molecule has 0 aliphatic carbocycles. The van der Waals surface area contributed by atoms with Crippen LogP contribution in [0, 0.1) is 13.8 Å². The minimum atomic E-state index is -0.551. The van der Waals surface area contributed by atoms with Gasteiger partial charge in [-0.05, 0) is 55.3 Å². The highest BCUT2D eigenvalue weighted by molar-refractivity contribution is 6.53. The molecule has 0 atom stereocenters. The van der Waals surface area contributed by atoms with Gasteiger partial charge in [0.25, 0.3) is 11.8 Å². The Morgan fingerprint density at radius 2 is 1.68 bits per heavy atom. The molecule has 2 aromatic rings. The molecule has 25 heavy (non-hydrogen) atoms. The van der Waals surface area contributed by atoms with Crippen molar-refractivity contribution in [1.82, 2.24) is 0 Å². The second kappa shape index (κ2) is 6.61. The number of halogens is 1. The SMILES string of the molecule is COc1ccc(N2C(=O)C(Cl)=C(Nc3cc(C)ccc3C)C2=O)cc1. The third-order valence-corrected chi connectivity index (χ3v) is 4.36.